The van der Waals surface area contributed by atoms with Gasteiger partial charge in [0.05, 0.1) is 12.0 Å². The third-order valence-electron chi connectivity index (χ3n) is 2.28. The number of nitrogens with zero attached hydrogens (tertiary/aromatic N) is 1. The second-order valence-electron chi connectivity index (χ2n) is 3.90. The Morgan fingerprint density at radius 1 is 1.39 bits per heavy atom. The molecule has 0 aliphatic heterocycles. The van der Waals surface area contributed by atoms with Gasteiger partial charge in [-0.05, 0) is 12.1 Å². The largest absolute Gasteiger partial charge is 0.383 e. The van der Waals surface area contributed by atoms with Crippen LogP contribution >= 0.6 is 11.6 Å². The van der Waals surface area contributed by atoms with Crippen LogP contribution in [0, 0.1) is 11.6 Å². The molecule has 0 aromatic heterocycles. The van der Waals surface area contributed by atoms with Crippen LogP contribution in [0.25, 0.3) is 0 Å². The highest BCUT2D eigenvalue weighted by atomic mass is 35.5. The van der Waals surface area contributed by atoms with Crippen molar-refractivity contribution in [3.63, 3.8) is 0 Å². The average Bonchev–Trinajstić information content (AvgIpc) is 2.26. The van der Waals surface area contributed by atoms with Crippen LogP contribution in [0.3, 0.4) is 0 Å². The Hall–Kier alpha value is -1.20. The van der Waals surface area contributed by atoms with Crippen molar-refractivity contribution in [1.82, 2.24) is 4.90 Å². The molecular formula is C12H14ClF2NO2. The molecule has 0 N–H and O–H groups in total. The van der Waals surface area contributed by atoms with Crippen LogP contribution in [0.5, 0.6) is 0 Å². The summed E-state index contributed by atoms with van der Waals surface area (Å²) >= 11 is 5.90. The maximum atomic E-state index is 13.0. The molecule has 3 nitrogen and oxygen atoms in total. The topological polar surface area (TPSA) is 29.5 Å². The number of carbonyl (C=O) groups excluding carboxylic acids is 1. The van der Waals surface area contributed by atoms with Gasteiger partial charge in [-0.3, -0.25) is 4.79 Å². The van der Waals surface area contributed by atoms with Crippen molar-refractivity contribution in [3.05, 3.63) is 35.4 Å². The van der Waals surface area contributed by atoms with E-state index < -0.39 is 17.5 Å². The highest BCUT2D eigenvalue weighted by molar-refractivity contribution is 6.21. The summed E-state index contributed by atoms with van der Waals surface area (Å²) in [6.45, 7) is 0.517. The van der Waals surface area contributed by atoms with Gasteiger partial charge in [-0.25, -0.2) is 8.78 Å². The van der Waals surface area contributed by atoms with E-state index in [0.717, 1.165) is 12.1 Å². The number of hydrogen-bond acceptors (Lipinski definition) is 2. The number of amides is 1. The zero-order chi connectivity index (χ0) is 13.7. The van der Waals surface area contributed by atoms with E-state index in [0.29, 0.717) is 6.07 Å². The number of hydrogen-bond donors (Lipinski definition) is 0. The lowest BCUT2D eigenvalue weighted by molar-refractivity contribution is 0.0780. The zero-order valence-electron chi connectivity index (χ0n) is 10.1. The van der Waals surface area contributed by atoms with E-state index in [1.807, 2.05) is 0 Å². The fraction of sp³-hybridized carbons (Fsp3) is 0.417. The van der Waals surface area contributed by atoms with Gasteiger partial charge in [0.15, 0.2) is 0 Å². The molecule has 6 heteroatoms. The molecule has 1 rings (SSSR count). The fourth-order valence-electron chi connectivity index (χ4n) is 1.51. The molecule has 0 aliphatic rings. The van der Waals surface area contributed by atoms with Crippen molar-refractivity contribution in [2.45, 2.75) is 5.38 Å². The molecular weight excluding hydrogens is 264 g/mol. The van der Waals surface area contributed by atoms with Crippen molar-refractivity contribution >= 4 is 17.5 Å². The summed E-state index contributed by atoms with van der Waals surface area (Å²) in [5.74, 6) is -2.06. The van der Waals surface area contributed by atoms with Gasteiger partial charge in [-0.15, -0.1) is 11.6 Å². The van der Waals surface area contributed by atoms with Gasteiger partial charge < -0.3 is 9.64 Å². The van der Waals surface area contributed by atoms with E-state index in [9.17, 15) is 13.6 Å². The molecule has 0 saturated heterocycles. The lowest BCUT2D eigenvalue weighted by Gasteiger charge is -2.20. The monoisotopic (exact) mass is 277 g/mol. The summed E-state index contributed by atoms with van der Waals surface area (Å²) in [6.07, 6.45) is 0. The van der Waals surface area contributed by atoms with Crippen LogP contribution in [0.15, 0.2) is 18.2 Å². The van der Waals surface area contributed by atoms with E-state index in [-0.39, 0.29) is 24.1 Å². The second kappa shape index (κ2) is 6.66. The Bertz CT molecular complexity index is 408. The Morgan fingerprint density at radius 3 is 2.44 bits per heavy atom. The predicted octanol–water partition coefficient (Wildman–Crippen LogP) is 2.29. The molecule has 0 radical (unpaired) electrons. The van der Waals surface area contributed by atoms with Crippen LogP contribution in [0.1, 0.15) is 10.4 Å². The highest BCUT2D eigenvalue weighted by Crippen LogP contribution is 2.11. The van der Waals surface area contributed by atoms with Gasteiger partial charge in [0.2, 0.25) is 0 Å². The Kier molecular flexibility index (Phi) is 5.50. The smallest absolute Gasteiger partial charge is 0.253 e. The third-order valence-corrected chi connectivity index (χ3v) is 2.54. The van der Waals surface area contributed by atoms with Crippen molar-refractivity contribution in [2.24, 2.45) is 0 Å². The summed E-state index contributed by atoms with van der Waals surface area (Å²) < 4.78 is 30.8. The van der Waals surface area contributed by atoms with Gasteiger partial charge >= 0.3 is 0 Å². The molecule has 1 aromatic rings. The first kappa shape index (κ1) is 14.9. The van der Waals surface area contributed by atoms with Crippen LogP contribution in [-0.4, -0.2) is 43.5 Å². The highest BCUT2D eigenvalue weighted by Gasteiger charge is 2.17. The van der Waals surface area contributed by atoms with E-state index >= 15 is 0 Å². The molecule has 0 fully saturated rings. The molecule has 0 aliphatic carbocycles. The van der Waals surface area contributed by atoms with Crippen molar-refractivity contribution in [2.75, 3.05) is 27.3 Å². The molecule has 1 aromatic carbocycles. The quantitative estimate of drug-likeness (QED) is 0.773. The molecule has 1 amide bonds. The molecule has 1 unspecified atom stereocenters. The van der Waals surface area contributed by atoms with Gasteiger partial charge in [-0.1, -0.05) is 0 Å². The van der Waals surface area contributed by atoms with Crippen molar-refractivity contribution in [3.8, 4) is 0 Å². The lowest BCUT2D eigenvalue weighted by Crippen LogP contribution is -2.34. The number of rotatable bonds is 5. The van der Waals surface area contributed by atoms with E-state index in [4.69, 9.17) is 16.3 Å². The van der Waals surface area contributed by atoms with Gasteiger partial charge in [0.25, 0.3) is 5.91 Å². The molecule has 0 spiro atoms. The fourth-order valence-corrected chi connectivity index (χ4v) is 1.84. The molecule has 0 heterocycles. The average molecular weight is 278 g/mol. The first-order valence-corrected chi connectivity index (χ1v) is 5.72. The van der Waals surface area contributed by atoms with E-state index in [1.54, 1.807) is 0 Å². The normalized spacial score (nSPS) is 12.3. The number of ether oxygens (including phenoxy) is 1. The minimum Gasteiger partial charge on any atom is -0.383 e. The Balaban J connectivity index is 2.74. The summed E-state index contributed by atoms with van der Waals surface area (Å²) in [5, 5.41) is -0.373. The number of halogens is 3. The number of methoxy groups -OCH3 is 1. The standard InChI is InChI=1S/C12H14ClF2NO2/c1-16(6-9(13)7-18-2)12(17)8-3-10(14)5-11(15)4-8/h3-5,9H,6-7H2,1-2H3. The van der Waals surface area contributed by atoms with Crippen molar-refractivity contribution in [1.29, 1.82) is 0 Å². The van der Waals surface area contributed by atoms with E-state index in [2.05, 4.69) is 0 Å². The Labute approximate surface area is 109 Å². The molecule has 100 valence electrons. The summed E-state index contributed by atoms with van der Waals surface area (Å²) in [5.41, 5.74) is -0.0451. The summed E-state index contributed by atoms with van der Waals surface area (Å²) in [6, 6.07) is 2.69. The van der Waals surface area contributed by atoms with Gasteiger partial charge in [-0.2, -0.15) is 0 Å². The SMILES string of the molecule is COCC(Cl)CN(C)C(=O)c1cc(F)cc(F)c1. The number of alkyl halides is 1. The van der Waals surface area contributed by atoms with Gasteiger partial charge in [0.1, 0.15) is 11.6 Å². The first-order chi connectivity index (χ1) is 8.43. The first-order valence-electron chi connectivity index (χ1n) is 5.28. The maximum absolute atomic E-state index is 13.0. The lowest BCUT2D eigenvalue weighted by atomic mass is 10.2. The van der Waals surface area contributed by atoms with E-state index in [1.165, 1.54) is 19.1 Å². The maximum Gasteiger partial charge on any atom is 0.253 e. The predicted molar refractivity (Wildman–Crippen MR) is 64.8 cm³/mol. The van der Waals surface area contributed by atoms with Crippen LogP contribution in [0.4, 0.5) is 8.78 Å². The molecule has 18 heavy (non-hydrogen) atoms. The van der Waals surface area contributed by atoms with Crippen LogP contribution in [-0.2, 0) is 4.74 Å². The number of benzene rings is 1. The second-order valence-corrected chi connectivity index (χ2v) is 4.51. The van der Waals surface area contributed by atoms with Crippen LogP contribution < -0.4 is 0 Å². The number of carbonyl (C=O) groups is 1. The zero-order valence-corrected chi connectivity index (χ0v) is 10.9. The molecule has 0 bridgehead atoms. The minimum absolute atomic E-state index is 0.0451. The van der Waals surface area contributed by atoms with Gasteiger partial charge in [0, 0.05) is 32.3 Å². The third kappa shape index (κ3) is 4.23. The minimum atomic E-state index is -0.786. The van der Waals surface area contributed by atoms with Crippen LogP contribution in [0.2, 0.25) is 0 Å². The Morgan fingerprint density at radius 2 is 1.94 bits per heavy atom. The molecule has 0 saturated carbocycles. The molecule has 1 atom stereocenters. The van der Waals surface area contributed by atoms with Crippen molar-refractivity contribution < 1.29 is 18.3 Å². The summed E-state index contributed by atoms with van der Waals surface area (Å²) in [7, 11) is 3.01. The summed E-state index contributed by atoms with van der Waals surface area (Å²) in [4.78, 5) is 13.2.